The molecule has 0 atom stereocenters. The second kappa shape index (κ2) is 2.88. The maximum absolute atomic E-state index is 11.0. The van der Waals surface area contributed by atoms with E-state index in [0.717, 1.165) is 4.47 Å². The Morgan fingerprint density at radius 3 is 2.85 bits per heavy atom. The van der Waals surface area contributed by atoms with Crippen LogP contribution < -0.4 is 5.56 Å². The van der Waals surface area contributed by atoms with E-state index < -0.39 is 0 Å². The maximum atomic E-state index is 11.0. The Morgan fingerprint density at radius 1 is 1.31 bits per heavy atom. The number of halogens is 1. The first-order valence-corrected chi connectivity index (χ1v) is 4.48. The minimum atomic E-state index is -0.308. The van der Waals surface area contributed by atoms with Crippen LogP contribution in [0.2, 0.25) is 0 Å². The largest absolute Gasteiger partial charge is 0.494 e. The van der Waals surface area contributed by atoms with E-state index in [1.165, 1.54) is 6.07 Å². The van der Waals surface area contributed by atoms with Crippen LogP contribution in [0.4, 0.5) is 0 Å². The summed E-state index contributed by atoms with van der Waals surface area (Å²) in [6.45, 7) is 0. The number of aromatic hydroxyl groups is 1. The van der Waals surface area contributed by atoms with Crippen molar-refractivity contribution in [2.24, 2.45) is 0 Å². The molecule has 0 aliphatic heterocycles. The van der Waals surface area contributed by atoms with Gasteiger partial charge in [0.25, 0.3) is 5.56 Å². The fourth-order valence-electron chi connectivity index (χ4n) is 1.24. The normalized spacial score (nSPS) is 10.5. The number of aromatic amines is 1. The van der Waals surface area contributed by atoms with E-state index in [-0.39, 0.29) is 11.4 Å². The summed E-state index contributed by atoms with van der Waals surface area (Å²) < 4.78 is 0.798. The lowest BCUT2D eigenvalue weighted by Gasteiger charge is -2.00. The van der Waals surface area contributed by atoms with Gasteiger partial charge in [0.05, 0.1) is 0 Å². The zero-order chi connectivity index (χ0) is 9.42. The Kier molecular flexibility index (Phi) is 1.84. The van der Waals surface area contributed by atoms with E-state index in [1.54, 1.807) is 12.1 Å². The summed E-state index contributed by atoms with van der Waals surface area (Å²) in [5.74, 6) is -0.0937. The first-order valence-electron chi connectivity index (χ1n) is 3.69. The monoisotopic (exact) mass is 239 g/mol. The van der Waals surface area contributed by atoms with Crippen molar-refractivity contribution in [1.29, 1.82) is 0 Å². The van der Waals surface area contributed by atoms with Crippen molar-refractivity contribution < 1.29 is 5.11 Å². The van der Waals surface area contributed by atoms with Crippen molar-refractivity contribution in [2.75, 3.05) is 0 Å². The Bertz CT molecular complexity index is 518. The van der Waals surface area contributed by atoms with Gasteiger partial charge in [-0.15, -0.1) is 0 Å². The number of aromatic nitrogens is 1. The highest BCUT2D eigenvalue weighted by Gasteiger charge is 2.03. The van der Waals surface area contributed by atoms with Gasteiger partial charge in [0, 0.05) is 21.3 Å². The Balaban J connectivity index is 3.03. The molecule has 0 bridgehead atoms. The molecule has 13 heavy (non-hydrogen) atoms. The van der Waals surface area contributed by atoms with E-state index >= 15 is 0 Å². The van der Waals surface area contributed by atoms with E-state index in [4.69, 9.17) is 0 Å². The SMILES string of the molecule is O=c1cc2c(Br)cccc2c(O)[nH]1. The second-order valence-electron chi connectivity index (χ2n) is 2.68. The van der Waals surface area contributed by atoms with Gasteiger partial charge >= 0.3 is 0 Å². The Labute approximate surface area is 82.2 Å². The molecule has 2 N–H and O–H groups in total. The first kappa shape index (κ1) is 8.31. The minimum absolute atomic E-state index is 0.0937. The summed E-state index contributed by atoms with van der Waals surface area (Å²) in [7, 11) is 0. The van der Waals surface area contributed by atoms with Crippen molar-refractivity contribution in [3.8, 4) is 5.88 Å². The van der Waals surface area contributed by atoms with E-state index in [9.17, 15) is 9.90 Å². The molecule has 0 saturated heterocycles. The topological polar surface area (TPSA) is 53.1 Å². The van der Waals surface area contributed by atoms with Crippen LogP contribution in [0.3, 0.4) is 0 Å². The lowest BCUT2D eigenvalue weighted by molar-refractivity contribution is 0.459. The third-order valence-corrected chi connectivity index (χ3v) is 2.52. The van der Waals surface area contributed by atoms with Crippen LogP contribution >= 0.6 is 15.9 Å². The molecule has 66 valence electrons. The third kappa shape index (κ3) is 1.33. The minimum Gasteiger partial charge on any atom is -0.494 e. The van der Waals surface area contributed by atoms with Gasteiger partial charge in [-0.25, -0.2) is 0 Å². The molecule has 0 amide bonds. The molecule has 0 saturated carbocycles. The molecule has 0 fully saturated rings. The van der Waals surface area contributed by atoms with Gasteiger partial charge in [-0.1, -0.05) is 22.0 Å². The van der Waals surface area contributed by atoms with Crippen LogP contribution in [-0.2, 0) is 0 Å². The number of pyridine rings is 1. The molecular weight excluding hydrogens is 234 g/mol. The van der Waals surface area contributed by atoms with E-state index in [1.807, 2.05) is 6.07 Å². The van der Waals surface area contributed by atoms with Gasteiger partial charge in [0.15, 0.2) is 5.88 Å². The number of hydrogen-bond acceptors (Lipinski definition) is 2. The zero-order valence-corrected chi connectivity index (χ0v) is 8.13. The summed E-state index contributed by atoms with van der Waals surface area (Å²) in [6.07, 6.45) is 0. The number of rotatable bonds is 0. The average molecular weight is 240 g/mol. The molecule has 2 rings (SSSR count). The molecule has 0 unspecified atom stereocenters. The van der Waals surface area contributed by atoms with Gasteiger partial charge < -0.3 is 5.11 Å². The number of nitrogens with one attached hydrogen (secondary N) is 1. The molecule has 0 aliphatic carbocycles. The summed E-state index contributed by atoms with van der Waals surface area (Å²) in [6, 6.07) is 6.80. The van der Waals surface area contributed by atoms with Crippen molar-refractivity contribution in [2.45, 2.75) is 0 Å². The maximum Gasteiger partial charge on any atom is 0.251 e. The van der Waals surface area contributed by atoms with Crippen molar-refractivity contribution >= 4 is 26.7 Å². The van der Waals surface area contributed by atoms with Crippen LogP contribution in [0.15, 0.2) is 33.5 Å². The highest BCUT2D eigenvalue weighted by atomic mass is 79.9. The molecule has 1 heterocycles. The van der Waals surface area contributed by atoms with Gasteiger partial charge in [-0.2, -0.15) is 0 Å². The first-order chi connectivity index (χ1) is 6.18. The quantitative estimate of drug-likeness (QED) is 0.739. The summed E-state index contributed by atoms with van der Waals surface area (Å²) >= 11 is 3.30. The summed E-state index contributed by atoms with van der Waals surface area (Å²) in [4.78, 5) is 13.3. The fraction of sp³-hybridized carbons (Fsp3) is 0. The van der Waals surface area contributed by atoms with Gasteiger partial charge in [0.2, 0.25) is 0 Å². The molecule has 0 spiro atoms. The van der Waals surface area contributed by atoms with Crippen LogP contribution in [0.1, 0.15) is 0 Å². The lowest BCUT2D eigenvalue weighted by Crippen LogP contribution is -2.02. The average Bonchev–Trinajstić information content (AvgIpc) is 2.07. The lowest BCUT2D eigenvalue weighted by atomic mass is 10.2. The molecule has 3 nitrogen and oxygen atoms in total. The standard InChI is InChI=1S/C9H6BrNO2/c10-7-3-1-2-5-6(7)4-8(12)11-9(5)13/h1-4H,(H2,11,12,13). The molecule has 0 radical (unpaired) electrons. The van der Waals surface area contributed by atoms with Crippen LogP contribution in [0, 0.1) is 0 Å². The number of hydrogen-bond donors (Lipinski definition) is 2. The van der Waals surface area contributed by atoms with Gasteiger partial charge in [-0.05, 0) is 12.1 Å². The summed E-state index contributed by atoms with van der Waals surface area (Å²) in [5, 5.41) is 10.7. The van der Waals surface area contributed by atoms with Crippen LogP contribution in [0.5, 0.6) is 5.88 Å². The predicted octanol–water partition coefficient (Wildman–Crippen LogP) is 2.00. The molecule has 4 heteroatoms. The second-order valence-corrected chi connectivity index (χ2v) is 3.54. The van der Waals surface area contributed by atoms with Gasteiger partial charge in [0.1, 0.15) is 0 Å². The summed E-state index contributed by atoms with van der Waals surface area (Å²) in [5.41, 5.74) is -0.308. The number of H-pyrrole nitrogens is 1. The highest BCUT2D eigenvalue weighted by Crippen LogP contribution is 2.26. The molecule has 0 aliphatic rings. The number of fused-ring (bicyclic) bond motifs is 1. The molecule has 1 aromatic heterocycles. The zero-order valence-electron chi connectivity index (χ0n) is 6.54. The Hall–Kier alpha value is -1.29. The number of benzene rings is 1. The van der Waals surface area contributed by atoms with E-state index in [2.05, 4.69) is 20.9 Å². The van der Waals surface area contributed by atoms with E-state index in [0.29, 0.717) is 10.8 Å². The van der Waals surface area contributed by atoms with Crippen LogP contribution in [-0.4, -0.2) is 10.1 Å². The van der Waals surface area contributed by atoms with Crippen molar-refractivity contribution in [1.82, 2.24) is 4.98 Å². The molecule has 1 aromatic carbocycles. The fourth-order valence-corrected chi connectivity index (χ4v) is 1.72. The smallest absolute Gasteiger partial charge is 0.251 e. The van der Waals surface area contributed by atoms with Crippen LogP contribution in [0.25, 0.3) is 10.8 Å². The molecule has 2 aromatic rings. The third-order valence-electron chi connectivity index (χ3n) is 1.83. The molecular formula is C9H6BrNO2. The van der Waals surface area contributed by atoms with Crippen molar-refractivity contribution in [3.05, 3.63) is 39.1 Å². The van der Waals surface area contributed by atoms with Crippen molar-refractivity contribution in [3.63, 3.8) is 0 Å². The Morgan fingerprint density at radius 2 is 2.08 bits per heavy atom. The highest BCUT2D eigenvalue weighted by molar-refractivity contribution is 9.10. The van der Waals surface area contributed by atoms with Gasteiger partial charge in [-0.3, -0.25) is 9.78 Å². The predicted molar refractivity (Wildman–Crippen MR) is 53.9 cm³/mol.